The summed E-state index contributed by atoms with van der Waals surface area (Å²) in [6.45, 7) is 4.22. The Morgan fingerprint density at radius 1 is 1.40 bits per heavy atom. The predicted molar refractivity (Wildman–Crippen MR) is 62.7 cm³/mol. The molecule has 0 saturated carbocycles. The van der Waals surface area contributed by atoms with E-state index in [9.17, 15) is 5.11 Å². The molecule has 15 heavy (non-hydrogen) atoms. The summed E-state index contributed by atoms with van der Waals surface area (Å²) in [5.74, 6) is 0.577. The van der Waals surface area contributed by atoms with Gasteiger partial charge in [-0.25, -0.2) is 0 Å². The molecule has 2 aliphatic rings. The van der Waals surface area contributed by atoms with Crippen molar-refractivity contribution in [2.75, 3.05) is 20.1 Å². The van der Waals surface area contributed by atoms with Gasteiger partial charge in [-0.05, 0) is 37.8 Å². The van der Waals surface area contributed by atoms with Crippen molar-refractivity contribution < 1.29 is 5.11 Å². The largest absolute Gasteiger partial charge is 0.385 e. The highest BCUT2D eigenvalue weighted by Crippen LogP contribution is 2.34. The number of aliphatic hydroxyl groups is 1. The molecular formula is C13H21NO. The minimum Gasteiger partial charge on any atom is -0.385 e. The smallest absolute Gasteiger partial charge is 0.0884 e. The van der Waals surface area contributed by atoms with Crippen LogP contribution in [-0.2, 0) is 0 Å². The molecule has 0 radical (unpaired) electrons. The molecule has 0 aromatic carbocycles. The maximum atomic E-state index is 10.6. The Balaban J connectivity index is 2.09. The molecule has 2 heteroatoms. The second-order valence-corrected chi connectivity index (χ2v) is 5.09. The molecule has 1 heterocycles. The third kappa shape index (κ3) is 2.32. The lowest BCUT2D eigenvalue weighted by atomic mass is 9.78. The third-order valence-corrected chi connectivity index (χ3v) is 3.69. The minimum atomic E-state index is -0.522. The van der Waals surface area contributed by atoms with Gasteiger partial charge in [-0.15, -0.1) is 0 Å². The maximum Gasteiger partial charge on any atom is 0.0884 e. The van der Waals surface area contributed by atoms with E-state index >= 15 is 0 Å². The monoisotopic (exact) mass is 207 g/mol. The van der Waals surface area contributed by atoms with Crippen molar-refractivity contribution in [2.24, 2.45) is 5.92 Å². The predicted octanol–water partition coefficient (Wildman–Crippen LogP) is 1.97. The van der Waals surface area contributed by atoms with E-state index in [0.29, 0.717) is 5.92 Å². The molecule has 0 spiro atoms. The van der Waals surface area contributed by atoms with E-state index in [2.05, 4.69) is 37.1 Å². The normalized spacial score (nSPS) is 31.4. The Kier molecular flexibility index (Phi) is 2.98. The van der Waals surface area contributed by atoms with Crippen LogP contribution in [0.5, 0.6) is 0 Å². The third-order valence-electron chi connectivity index (χ3n) is 3.69. The number of likely N-dealkylation sites (tertiary alicyclic amines) is 1. The van der Waals surface area contributed by atoms with Crippen LogP contribution in [0, 0.1) is 5.92 Å². The SMILES string of the molecule is CC1C=CC=C(C2(O)CCN(C)CC2)C1. The van der Waals surface area contributed by atoms with E-state index in [4.69, 9.17) is 0 Å². The summed E-state index contributed by atoms with van der Waals surface area (Å²) in [7, 11) is 2.12. The number of allylic oxidation sites excluding steroid dienone is 3. The number of piperidine rings is 1. The number of hydrogen-bond acceptors (Lipinski definition) is 2. The lowest BCUT2D eigenvalue weighted by molar-refractivity contribution is 0.0125. The fourth-order valence-electron chi connectivity index (χ4n) is 2.50. The minimum absolute atomic E-state index is 0.522. The molecule has 2 rings (SSSR count). The van der Waals surface area contributed by atoms with Crippen molar-refractivity contribution in [1.82, 2.24) is 4.90 Å². The van der Waals surface area contributed by atoms with Crippen molar-refractivity contribution >= 4 is 0 Å². The first-order valence-electron chi connectivity index (χ1n) is 5.89. The van der Waals surface area contributed by atoms with Crippen molar-refractivity contribution in [3.05, 3.63) is 23.8 Å². The van der Waals surface area contributed by atoms with Gasteiger partial charge < -0.3 is 10.0 Å². The van der Waals surface area contributed by atoms with Crippen molar-refractivity contribution in [1.29, 1.82) is 0 Å². The van der Waals surface area contributed by atoms with Crippen molar-refractivity contribution in [2.45, 2.75) is 31.8 Å². The average Bonchev–Trinajstić information content (AvgIpc) is 2.23. The van der Waals surface area contributed by atoms with Gasteiger partial charge in [0.1, 0.15) is 0 Å². The highest BCUT2D eigenvalue weighted by molar-refractivity contribution is 5.27. The lowest BCUT2D eigenvalue weighted by Gasteiger charge is -2.39. The molecule has 1 fully saturated rings. The Hall–Kier alpha value is -0.600. The quantitative estimate of drug-likeness (QED) is 0.710. The lowest BCUT2D eigenvalue weighted by Crippen LogP contribution is -2.44. The van der Waals surface area contributed by atoms with Gasteiger partial charge in [-0.1, -0.05) is 25.2 Å². The first-order chi connectivity index (χ1) is 7.10. The van der Waals surface area contributed by atoms with Gasteiger partial charge in [0.2, 0.25) is 0 Å². The van der Waals surface area contributed by atoms with Crippen LogP contribution in [-0.4, -0.2) is 35.7 Å². The van der Waals surface area contributed by atoms with Gasteiger partial charge in [0.05, 0.1) is 5.60 Å². The molecule has 1 unspecified atom stereocenters. The van der Waals surface area contributed by atoms with Gasteiger partial charge in [-0.2, -0.15) is 0 Å². The van der Waals surface area contributed by atoms with Crippen LogP contribution >= 0.6 is 0 Å². The Bertz CT molecular complexity index is 285. The summed E-state index contributed by atoms with van der Waals surface area (Å²) >= 11 is 0. The van der Waals surface area contributed by atoms with E-state index in [1.54, 1.807) is 0 Å². The van der Waals surface area contributed by atoms with Crippen LogP contribution in [0.1, 0.15) is 26.2 Å². The van der Waals surface area contributed by atoms with E-state index < -0.39 is 5.60 Å². The van der Waals surface area contributed by atoms with E-state index in [1.807, 2.05) is 0 Å². The van der Waals surface area contributed by atoms with Crippen LogP contribution in [0.15, 0.2) is 23.8 Å². The molecule has 0 amide bonds. The molecule has 84 valence electrons. The molecule has 1 aliphatic heterocycles. The highest BCUT2D eigenvalue weighted by atomic mass is 16.3. The molecule has 2 nitrogen and oxygen atoms in total. The van der Waals surface area contributed by atoms with E-state index in [0.717, 1.165) is 32.4 Å². The molecule has 0 aromatic heterocycles. The average molecular weight is 207 g/mol. The summed E-state index contributed by atoms with van der Waals surface area (Å²) < 4.78 is 0. The standard InChI is InChI=1S/C13H21NO/c1-11-4-3-5-12(10-11)13(15)6-8-14(2)9-7-13/h3-5,11,15H,6-10H2,1-2H3. The van der Waals surface area contributed by atoms with Gasteiger partial charge in [0.25, 0.3) is 0 Å². The Morgan fingerprint density at radius 2 is 2.07 bits per heavy atom. The van der Waals surface area contributed by atoms with E-state index in [-0.39, 0.29) is 0 Å². The van der Waals surface area contributed by atoms with Gasteiger partial charge in [0.15, 0.2) is 0 Å². The fourth-order valence-corrected chi connectivity index (χ4v) is 2.50. The summed E-state index contributed by atoms with van der Waals surface area (Å²) in [6.07, 6.45) is 9.22. The molecular weight excluding hydrogens is 186 g/mol. The zero-order valence-corrected chi connectivity index (χ0v) is 9.74. The first kappa shape index (κ1) is 10.9. The van der Waals surface area contributed by atoms with E-state index in [1.165, 1.54) is 5.57 Å². The van der Waals surface area contributed by atoms with Crippen LogP contribution in [0.3, 0.4) is 0 Å². The number of nitrogens with zero attached hydrogens (tertiary/aromatic N) is 1. The summed E-state index contributed by atoms with van der Waals surface area (Å²) in [5, 5.41) is 10.6. The number of rotatable bonds is 1. The van der Waals surface area contributed by atoms with Crippen LogP contribution < -0.4 is 0 Å². The van der Waals surface area contributed by atoms with Crippen molar-refractivity contribution in [3.63, 3.8) is 0 Å². The Labute approximate surface area is 92.3 Å². The van der Waals surface area contributed by atoms with Crippen LogP contribution in [0.25, 0.3) is 0 Å². The molecule has 1 aliphatic carbocycles. The topological polar surface area (TPSA) is 23.5 Å². The summed E-state index contributed by atoms with van der Waals surface area (Å²) in [6, 6.07) is 0. The van der Waals surface area contributed by atoms with Gasteiger partial charge in [0, 0.05) is 13.1 Å². The fraction of sp³-hybridized carbons (Fsp3) is 0.692. The zero-order valence-electron chi connectivity index (χ0n) is 9.74. The van der Waals surface area contributed by atoms with Crippen LogP contribution in [0.2, 0.25) is 0 Å². The highest BCUT2D eigenvalue weighted by Gasteiger charge is 2.35. The molecule has 0 bridgehead atoms. The van der Waals surface area contributed by atoms with Gasteiger partial charge in [-0.3, -0.25) is 0 Å². The first-order valence-corrected chi connectivity index (χ1v) is 5.89. The number of hydrogen-bond donors (Lipinski definition) is 1. The molecule has 1 saturated heterocycles. The second-order valence-electron chi connectivity index (χ2n) is 5.09. The Morgan fingerprint density at radius 3 is 2.67 bits per heavy atom. The molecule has 1 N–H and O–H groups in total. The van der Waals surface area contributed by atoms with Crippen LogP contribution in [0.4, 0.5) is 0 Å². The summed E-state index contributed by atoms with van der Waals surface area (Å²) in [4.78, 5) is 2.29. The van der Waals surface area contributed by atoms with Gasteiger partial charge >= 0.3 is 0 Å². The zero-order chi connectivity index (χ0) is 10.9. The summed E-state index contributed by atoms with van der Waals surface area (Å²) in [5.41, 5.74) is 0.719. The maximum absolute atomic E-state index is 10.6. The molecule has 1 atom stereocenters. The molecule has 0 aromatic rings. The second kappa shape index (κ2) is 4.11. The van der Waals surface area contributed by atoms with Crippen molar-refractivity contribution in [3.8, 4) is 0 Å².